The maximum Gasteiger partial charge on any atom is 0.310 e. The van der Waals surface area contributed by atoms with E-state index < -0.39 is 30.1 Å². The Labute approximate surface area is 161 Å². The normalized spacial score (nSPS) is 16.4. The molecule has 1 fully saturated rings. The van der Waals surface area contributed by atoms with Crippen molar-refractivity contribution < 1.29 is 23.5 Å². The molecule has 2 rings (SSSR count). The van der Waals surface area contributed by atoms with Crippen LogP contribution >= 0.6 is 0 Å². The minimum Gasteiger partial charge on any atom is -0.461 e. The van der Waals surface area contributed by atoms with Gasteiger partial charge in [-0.1, -0.05) is 43.2 Å². The summed E-state index contributed by atoms with van der Waals surface area (Å²) in [6.45, 7) is 5.05. The molecular weight excluding hydrogens is 347 g/mol. The second-order valence-electron chi connectivity index (χ2n) is 8.35. The third-order valence-electron chi connectivity index (χ3n) is 4.65. The lowest BCUT2D eigenvalue weighted by Crippen LogP contribution is -2.36. The van der Waals surface area contributed by atoms with Crippen LogP contribution in [-0.2, 0) is 25.7 Å². The van der Waals surface area contributed by atoms with Crippen LogP contribution in [0.4, 0.5) is 4.39 Å². The summed E-state index contributed by atoms with van der Waals surface area (Å²) >= 11 is 0. The summed E-state index contributed by atoms with van der Waals surface area (Å²) < 4.78 is 23.9. The summed E-state index contributed by atoms with van der Waals surface area (Å²) in [7, 11) is 0. The van der Waals surface area contributed by atoms with Crippen LogP contribution in [0.3, 0.4) is 0 Å². The van der Waals surface area contributed by atoms with Gasteiger partial charge in [0.25, 0.3) is 0 Å². The molecule has 1 aliphatic carbocycles. The molecule has 0 saturated heterocycles. The van der Waals surface area contributed by atoms with Gasteiger partial charge in [-0.05, 0) is 51.5 Å². The average molecular weight is 378 g/mol. The smallest absolute Gasteiger partial charge is 0.310 e. The Kier molecular flexibility index (Phi) is 7.81. The fraction of sp³-hybridized carbons (Fsp3) is 0.636. The highest BCUT2D eigenvalue weighted by molar-refractivity contribution is 5.82. The molecule has 4 nitrogen and oxygen atoms in total. The van der Waals surface area contributed by atoms with Crippen molar-refractivity contribution in [1.29, 1.82) is 0 Å². The summed E-state index contributed by atoms with van der Waals surface area (Å²) in [5.74, 6) is -1.62. The van der Waals surface area contributed by atoms with Crippen LogP contribution in [-0.4, -0.2) is 24.2 Å². The first-order chi connectivity index (χ1) is 12.8. The molecule has 2 atom stereocenters. The molecule has 1 aliphatic rings. The monoisotopic (exact) mass is 378 g/mol. The van der Waals surface area contributed by atoms with Crippen LogP contribution in [0.5, 0.6) is 0 Å². The standard InChI is InChI=1S/C22H31FO4/c1-22(2,3)27-21(25)19(14-16-11-12-16)18(10-7-13-23)20(24)26-15-17-8-5-4-6-9-17/h4-6,8-9,16,18-19H,7,10-15H2,1-3H3/t18-,19+/m1/s1. The SMILES string of the molecule is CC(C)(C)OC(=O)[C@@H](CC1CC1)[C@@H](CCCF)C(=O)OCc1ccccc1. The van der Waals surface area contributed by atoms with Gasteiger partial charge in [-0.25, -0.2) is 0 Å². The number of carbonyl (C=O) groups excluding carboxylic acids is 2. The lowest BCUT2D eigenvalue weighted by Gasteiger charge is -2.28. The largest absolute Gasteiger partial charge is 0.461 e. The first-order valence-electron chi connectivity index (χ1n) is 9.79. The zero-order valence-corrected chi connectivity index (χ0v) is 16.6. The Balaban J connectivity index is 2.09. The number of halogens is 1. The third-order valence-corrected chi connectivity index (χ3v) is 4.65. The number of hydrogen-bond acceptors (Lipinski definition) is 4. The molecule has 1 saturated carbocycles. The third kappa shape index (κ3) is 7.69. The first kappa shape index (κ1) is 21.4. The zero-order chi connectivity index (χ0) is 19.9. The fourth-order valence-corrected chi connectivity index (χ4v) is 3.13. The molecule has 0 bridgehead atoms. The van der Waals surface area contributed by atoms with Crippen molar-refractivity contribution in [2.75, 3.05) is 6.67 Å². The molecule has 0 spiro atoms. The van der Waals surface area contributed by atoms with Crippen LogP contribution in [0.1, 0.15) is 58.4 Å². The lowest BCUT2D eigenvalue weighted by atomic mass is 9.84. The van der Waals surface area contributed by atoms with Gasteiger partial charge in [0.2, 0.25) is 0 Å². The molecule has 150 valence electrons. The molecule has 0 radical (unpaired) electrons. The minimum absolute atomic E-state index is 0.149. The van der Waals surface area contributed by atoms with E-state index in [2.05, 4.69) is 0 Å². The van der Waals surface area contributed by atoms with E-state index in [1.165, 1.54) is 0 Å². The van der Waals surface area contributed by atoms with Crippen molar-refractivity contribution in [2.24, 2.45) is 17.8 Å². The van der Waals surface area contributed by atoms with E-state index >= 15 is 0 Å². The minimum atomic E-state index is -0.667. The molecule has 0 N–H and O–H groups in total. The molecule has 27 heavy (non-hydrogen) atoms. The number of carbonyl (C=O) groups is 2. The Morgan fingerprint density at radius 1 is 1.11 bits per heavy atom. The van der Waals surface area contributed by atoms with Crippen molar-refractivity contribution in [1.82, 2.24) is 0 Å². The molecule has 0 amide bonds. The summed E-state index contributed by atoms with van der Waals surface area (Å²) in [4.78, 5) is 25.6. The van der Waals surface area contributed by atoms with Crippen LogP contribution in [0, 0.1) is 17.8 Å². The van der Waals surface area contributed by atoms with Crippen LogP contribution in [0.15, 0.2) is 30.3 Å². The second kappa shape index (κ2) is 9.86. The van der Waals surface area contributed by atoms with Gasteiger partial charge >= 0.3 is 11.9 Å². The molecule has 1 aromatic rings. The number of benzene rings is 1. The van der Waals surface area contributed by atoms with Crippen molar-refractivity contribution in [2.45, 2.75) is 65.1 Å². The fourth-order valence-electron chi connectivity index (χ4n) is 3.13. The van der Waals surface area contributed by atoms with Gasteiger partial charge in [0.05, 0.1) is 18.5 Å². The maximum absolute atomic E-state index is 12.8. The van der Waals surface area contributed by atoms with E-state index in [1.54, 1.807) is 0 Å². The van der Waals surface area contributed by atoms with Crippen LogP contribution in [0.2, 0.25) is 0 Å². The number of hydrogen-bond donors (Lipinski definition) is 0. The molecule has 0 aromatic heterocycles. The van der Waals surface area contributed by atoms with Crippen molar-refractivity contribution in [3.8, 4) is 0 Å². The van der Waals surface area contributed by atoms with E-state index in [0.29, 0.717) is 18.8 Å². The summed E-state index contributed by atoms with van der Waals surface area (Å²) in [6.07, 6.45) is 3.25. The van der Waals surface area contributed by atoms with Crippen molar-refractivity contribution in [3.63, 3.8) is 0 Å². The molecule has 5 heteroatoms. The number of alkyl halides is 1. The predicted octanol–water partition coefficient (Wildman–Crippen LogP) is 4.85. The maximum atomic E-state index is 12.8. The van der Waals surface area contributed by atoms with Crippen LogP contribution < -0.4 is 0 Å². The highest BCUT2D eigenvalue weighted by Gasteiger charge is 2.40. The summed E-state index contributed by atoms with van der Waals surface area (Å²) in [5.41, 5.74) is 0.253. The van der Waals surface area contributed by atoms with Gasteiger partial charge in [0.1, 0.15) is 12.2 Å². The predicted molar refractivity (Wildman–Crippen MR) is 102 cm³/mol. The Morgan fingerprint density at radius 3 is 2.33 bits per heavy atom. The Morgan fingerprint density at radius 2 is 1.78 bits per heavy atom. The van der Waals surface area contributed by atoms with Gasteiger partial charge in [0.15, 0.2) is 0 Å². The highest BCUT2D eigenvalue weighted by Crippen LogP contribution is 2.39. The van der Waals surface area contributed by atoms with E-state index in [0.717, 1.165) is 18.4 Å². The average Bonchev–Trinajstić information content (AvgIpc) is 3.42. The Bertz CT molecular complexity index is 604. The van der Waals surface area contributed by atoms with Crippen LogP contribution in [0.25, 0.3) is 0 Å². The van der Waals surface area contributed by atoms with E-state index in [9.17, 15) is 14.0 Å². The van der Waals surface area contributed by atoms with Crippen molar-refractivity contribution >= 4 is 11.9 Å². The zero-order valence-electron chi connectivity index (χ0n) is 16.6. The van der Waals surface area contributed by atoms with Gasteiger partial charge in [-0.3, -0.25) is 14.0 Å². The number of esters is 2. The van der Waals surface area contributed by atoms with E-state index in [1.807, 2.05) is 51.1 Å². The highest BCUT2D eigenvalue weighted by atomic mass is 19.1. The van der Waals surface area contributed by atoms with Crippen molar-refractivity contribution in [3.05, 3.63) is 35.9 Å². The molecule has 0 heterocycles. The lowest BCUT2D eigenvalue weighted by molar-refractivity contribution is -0.169. The second-order valence-corrected chi connectivity index (χ2v) is 8.35. The number of rotatable bonds is 10. The van der Waals surface area contributed by atoms with E-state index in [-0.39, 0.29) is 19.0 Å². The molecule has 1 aromatic carbocycles. The topological polar surface area (TPSA) is 52.6 Å². The van der Waals surface area contributed by atoms with E-state index in [4.69, 9.17) is 9.47 Å². The van der Waals surface area contributed by atoms with Gasteiger partial charge in [-0.2, -0.15) is 0 Å². The van der Waals surface area contributed by atoms with Gasteiger partial charge in [-0.15, -0.1) is 0 Å². The molecular formula is C22H31FO4. The summed E-state index contributed by atoms with van der Waals surface area (Å²) in [5, 5.41) is 0. The quantitative estimate of drug-likeness (QED) is 0.546. The molecule has 0 unspecified atom stereocenters. The number of ether oxygens (including phenoxy) is 2. The summed E-state index contributed by atoms with van der Waals surface area (Å²) in [6, 6.07) is 9.39. The molecule has 0 aliphatic heterocycles. The first-order valence-corrected chi connectivity index (χ1v) is 9.79. The van der Waals surface area contributed by atoms with Gasteiger partial charge < -0.3 is 9.47 Å². The Hall–Kier alpha value is -1.91. The van der Waals surface area contributed by atoms with Gasteiger partial charge in [0, 0.05) is 0 Å².